The third-order valence-electron chi connectivity index (χ3n) is 6.58. The molecule has 2 aromatic rings. The molecule has 2 aliphatic heterocycles. The van der Waals surface area contributed by atoms with E-state index in [0.717, 1.165) is 43.2 Å². The van der Waals surface area contributed by atoms with E-state index in [4.69, 9.17) is 4.74 Å². The Morgan fingerprint density at radius 1 is 1.32 bits per heavy atom. The Hall–Kier alpha value is -3.68. The zero-order valence-electron chi connectivity index (χ0n) is 20.9. The number of hydrogen-bond donors (Lipinski definition) is 1. The first-order valence-corrected chi connectivity index (χ1v) is 12.1. The zero-order chi connectivity index (χ0) is 27.7. The number of fused-ring (bicyclic) bond motifs is 1. The van der Waals surface area contributed by atoms with Crippen LogP contribution in [-0.4, -0.2) is 62.7 Å². The number of halogens is 3. The van der Waals surface area contributed by atoms with Crippen molar-refractivity contribution >= 4 is 17.8 Å². The number of carbonyl (C=O) groups is 2. The Balaban J connectivity index is 1.34. The summed E-state index contributed by atoms with van der Waals surface area (Å²) < 4.78 is 49.3. The Morgan fingerprint density at radius 2 is 2.03 bits per heavy atom. The monoisotopic (exact) mass is 539 g/mol. The standard InChI is InChI=1S/C24H28F3N5O6/c1-23(2)12-16-4-3-5-17(18(16)38-23)14-30-9-6-15(7-10-30)13-29-19(33)20(37-21(34)24(25,26)27)31-11-8-28-22(31)32(35)36/h3-5,8,11,15,20H,6-7,9-10,12-14H2,1-2H3,(H,29,33). The minimum atomic E-state index is -5.39. The lowest BCUT2D eigenvalue weighted by molar-refractivity contribution is -0.398. The Morgan fingerprint density at radius 3 is 2.68 bits per heavy atom. The fourth-order valence-corrected chi connectivity index (χ4v) is 4.76. The summed E-state index contributed by atoms with van der Waals surface area (Å²) in [6.07, 6.45) is -3.55. The Kier molecular flexibility index (Phi) is 7.63. The van der Waals surface area contributed by atoms with Gasteiger partial charge in [0.2, 0.25) is 0 Å². The molecule has 1 fully saturated rings. The highest BCUT2D eigenvalue weighted by molar-refractivity contribution is 5.84. The van der Waals surface area contributed by atoms with Crippen LogP contribution in [0.2, 0.25) is 0 Å². The highest BCUT2D eigenvalue weighted by Gasteiger charge is 2.45. The van der Waals surface area contributed by atoms with E-state index >= 15 is 0 Å². The maximum atomic E-state index is 12.8. The van der Waals surface area contributed by atoms with Gasteiger partial charge in [-0.2, -0.15) is 17.7 Å². The summed E-state index contributed by atoms with van der Waals surface area (Å²) in [6, 6.07) is 6.14. The molecule has 3 heterocycles. The van der Waals surface area contributed by atoms with Gasteiger partial charge in [-0.3, -0.25) is 9.69 Å². The Labute approximate surface area is 216 Å². The molecule has 0 aliphatic carbocycles. The SMILES string of the molecule is CC1(C)Cc2cccc(CN3CCC(CNC(=O)C(OC(=O)C(F)(F)F)n4ccnc4[N+](=O)[O-])CC3)c2O1. The van der Waals surface area contributed by atoms with E-state index in [0.29, 0.717) is 24.0 Å². The average Bonchev–Trinajstić information content (AvgIpc) is 3.45. The number of likely N-dealkylation sites (tertiary alicyclic amines) is 1. The van der Waals surface area contributed by atoms with E-state index in [-0.39, 0.29) is 18.1 Å². The van der Waals surface area contributed by atoms with Crippen molar-refractivity contribution in [1.82, 2.24) is 19.8 Å². The van der Waals surface area contributed by atoms with E-state index in [1.54, 1.807) is 0 Å². The number of carbonyl (C=O) groups excluding carboxylic acids is 2. The van der Waals surface area contributed by atoms with Crippen LogP contribution in [0.1, 0.15) is 44.0 Å². The van der Waals surface area contributed by atoms with Crippen LogP contribution in [0.5, 0.6) is 5.75 Å². The number of imidazole rings is 1. The number of nitrogens with zero attached hydrogens (tertiary/aromatic N) is 4. The largest absolute Gasteiger partial charge is 0.491 e. The first kappa shape index (κ1) is 27.4. The maximum Gasteiger partial charge on any atom is 0.491 e. The summed E-state index contributed by atoms with van der Waals surface area (Å²) in [7, 11) is 0. The first-order valence-electron chi connectivity index (χ1n) is 12.1. The summed E-state index contributed by atoms with van der Waals surface area (Å²) in [5.74, 6) is -3.75. The number of nitro groups is 1. The van der Waals surface area contributed by atoms with Gasteiger partial charge in [0.25, 0.3) is 5.91 Å². The van der Waals surface area contributed by atoms with E-state index in [2.05, 4.69) is 39.9 Å². The molecule has 0 saturated carbocycles. The van der Waals surface area contributed by atoms with Crippen LogP contribution < -0.4 is 10.1 Å². The third-order valence-corrected chi connectivity index (χ3v) is 6.58. The van der Waals surface area contributed by atoms with Gasteiger partial charge in [-0.05, 0) is 56.2 Å². The van der Waals surface area contributed by atoms with Crippen LogP contribution in [0.3, 0.4) is 0 Å². The van der Waals surface area contributed by atoms with E-state index in [1.165, 1.54) is 5.56 Å². The van der Waals surface area contributed by atoms with Crippen LogP contribution in [0, 0.1) is 16.0 Å². The maximum absolute atomic E-state index is 12.8. The van der Waals surface area contributed by atoms with Crippen LogP contribution >= 0.6 is 0 Å². The number of amides is 1. The highest BCUT2D eigenvalue weighted by Crippen LogP contribution is 2.38. The number of ether oxygens (including phenoxy) is 2. The van der Waals surface area contributed by atoms with Crippen molar-refractivity contribution in [2.75, 3.05) is 19.6 Å². The number of benzene rings is 1. The molecule has 206 valence electrons. The number of piperidine rings is 1. The van der Waals surface area contributed by atoms with Crippen molar-refractivity contribution in [2.24, 2.45) is 5.92 Å². The fraction of sp³-hybridized carbons (Fsp3) is 0.542. The molecule has 2 aliphatic rings. The first-order chi connectivity index (χ1) is 17.8. The molecular weight excluding hydrogens is 511 g/mol. The molecule has 11 nitrogen and oxygen atoms in total. The second-order valence-corrected chi connectivity index (χ2v) is 10.1. The van der Waals surface area contributed by atoms with Gasteiger partial charge in [0.15, 0.2) is 0 Å². The van der Waals surface area contributed by atoms with Crippen molar-refractivity contribution in [1.29, 1.82) is 0 Å². The topological polar surface area (TPSA) is 129 Å². The molecule has 0 radical (unpaired) electrons. The van der Waals surface area contributed by atoms with E-state index in [9.17, 15) is 32.9 Å². The summed E-state index contributed by atoms with van der Waals surface area (Å²) >= 11 is 0. The van der Waals surface area contributed by atoms with Gasteiger partial charge in [0.1, 0.15) is 23.7 Å². The van der Waals surface area contributed by atoms with Gasteiger partial charge in [-0.15, -0.1) is 0 Å². The summed E-state index contributed by atoms with van der Waals surface area (Å²) in [6.45, 7) is 6.37. The van der Waals surface area contributed by atoms with Gasteiger partial charge in [0.05, 0.1) is 0 Å². The normalized spacial score (nSPS) is 18.3. The quantitative estimate of drug-likeness (QED) is 0.308. The molecular formula is C24H28F3N5O6. The lowest BCUT2D eigenvalue weighted by Gasteiger charge is -2.32. The lowest BCUT2D eigenvalue weighted by Crippen LogP contribution is -2.42. The minimum absolute atomic E-state index is 0.0172. The van der Waals surface area contributed by atoms with Gasteiger partial charge in [-0.1, -0.05) is 23.2 Å². The molecule has 1 N–H and O–H groups in total. The zero-order valence-corrected chi connectivity index (χ0v) is 20.9. The number of esters is 1. The van der Waals surface area contributed by atoms with E-state index < -0.39 is 35.2 Å². The molecule has 38 heavy (non-hydrogen) atoms. The van der Waals surface area contributed by atoms with Crippen molar-refractivity contribution in [2.45, 2.75) is 57.7 Å². The smallest absolute Gasteiger partial charge is 0.487 e. The number of alkyl halides is 3. The third kappa shape index (κ3) is 6.23. The molecule has 1 unspecified atom stereocenters. The van der Waals surface area contributed by atoms with Crippen LogP contribution in [0.15, 0.2) is 30.6 Å². The van der Waals surface area contributed by atoms with Crippen LogP contribution in [0.4, 0.5) is 19.1 Å². The second kappa shape index (κ2) is 10.6. The molecule has 0 bridgehead atoms. The van der Waals surface area contributed by atoms with Gasteiger partial charge in [-0.25, -0.2) is 4.79 Å². The van der Waals surface area contributed by atoms with E-state index in [1.807, 2.05) is 12.1 Å². The van der Waals surface area contributed by atoms with Crippen molar-refractivity contribution in [3.8, 4) is 5.75 Å². The fourth-order valence-electron chi connectivity index (χ4n) is 4.76. The second-order valence-electron chi connectivity index (χ2n) is 10.1. The molecule has 4 rings (SSSR count). The lowest BCUT2D eigenvalue weighted by atomic mass is 9.96. The van der Waals surface area contributed by atoms with Gasteiger partial charge < -0.3 is 24.9 Å². The number of nitrogens with one attached hydrogen (secondary N) is 1. The molecule has 1 aromatic carbocycles. The van der Waals surface area contributed by atoms with Gasteiger partial charge in [0, 0.05) is 25.1 Å². The Bertz CT molecular complexity index is 1210. The van der Waals surface area contributed by atoms with Crippen molar-refractivity contribution in [3.05, 3.63) is 51.8 Å². The minimum Gasteiger partial charge on any atom is -0.487 e. The molecule has 1 amide bonds. The van der Waals surface area contributed by atoms with Crippen molar-refractivity contribution < 1.29 is 37.2 Å². The number of hydrogen-bond acceptors (Lipinski definition) is 8. The average molecular weight is 540 g/mol. The number of para-hydroxylation sites is 1. The summed E-state index contributed by atoms with van der Waals surface area (Å²) in [5.41, 5.74) is 2.05. The van der Waals surface area contributed by atoms with Gasteiger partial charge >= 0.3 is 24.3 Å². The summed E-state index contributed by atoms with van der Waals surface area (Å²) in [4.78, 5) is 40.0. The number of aromatic nitrogens is 2. The molecule has 1 saturated heterocycles. The highest BCUT2D eigenvalue weighted by atomic mass is 19.4. The van der Waals surface area contributed by atoms with Crippen LogP contribution in [0.25, 0.3) is 0 Å². The molecule has 1 aromatic heterocycles. The molecule has 1 atom stereocenters. The predicted molar refractivity (Wildman–Crippen MR) is 126 cm³/mol. The molecule has 14 heteroatoms. The molecule has 0 spiro atoms. The van der Waals surface area contributed by atoms with Crippen molar-refractivity contribution in [3.63, 3.8) is 0 Å². The predicted octanol–water partition coefficient (Wildman–Crippen LogP) is 3.14. The summed E-state index contributed by atoms with van der Waals surface area (Å²) in [5, 5.41) is 13.6. The van der Waals surface area contributed by atoms with Crippen LogP contribution in [-0.2, 0) is 27.3 Å². The number of rotatable bonds is 8.